The molecule has 0 atom stereocenters. The minimum atomic E-state index is -1.01. The number of hydrogen-bond acceptors (Lipinski definition) is 3. The van der Waals surface area contributed by atoms with Crippen LogP contribution in [0.1, 0.15) is 56.9 Å². The van der Waals surface area contributed by atoms with Gasteiger partial charge in [-0.2, -0.15) is 0 Å². The van der Waals surface area contributed by atoms with E-state index in [0.717, 1.165) is 59.6 Å². The summed E-state index contributed by atoms with van der Waals surface area (Å²) < 4.78 is 25.1. The van der Waals surface area contributed by atoms with Gasteiger partial charge in [0.15, 0.2) is 0 Å². The van der Waals surface area contributed by atoms with Gasteiger partial charge >= 0.3 is 5.97 Å². The number of para-hydroxylation sites is 1. The van der Waals surface area contributed by atoms with E-state index in [1.807, 2.05) is 24.3 Å². The summed E-state index contributed by atoms with van der Waals surface area (Å²) in [7, 11) is 0. The molecule has 1 aromatic heterocycles. The van der Waals surface area contributed by atoms with Crippen molar-refractivity contribution in [2.45, 2.75) is 52.9 Å². The summed E-state index contributed by atoms with van der Waals surface area (Å²) in [6, 6.07) is 12.1. The molecule has 170 valence electrons. The van der Waals surface area contributed by atoms with Crippen LogP contribution in [0, 0.1) is 0 Å². The lowest BCUT2D eigenvalue weighted by Crippen LogP contribution is -2.04. The van der Waals surface area contributed by atoms with Crippen LogP contribution < -0.4 is 4.74 Å². The number of aliphatic carboxylic acids is 1. The van der Waals surface area contributed by atoms with Gasteiger partial charge in [0, 0.05) is 29.0 Å². The summed E-state index contributed by atoms with van der Waals surface area (Å²) in [5, 5.41) is 9.98. The van der Waals surface area contributed by atoms with Crippen molar-refractivity contribution in [3.8, 4) is 16.9 Å². The normalized spacial score (nSPS) is 11.8. The Hall–Kier alpha value is -3.08. The second-order valence-electron chi connectivity index (χ2n) is 8.02. The predicted octanol–water partition coefficient (Wildman–Crippen LogP) is 7.23. The van der Waals surface area contributed by atoms with E-state index >= 15 is 0 Å². The molecule has 32 heavy (non-hydrogen) atoms. The molecule has 0 aliphatic rings. The zero-order valence-corrected chi connectivity index (χ0v) is 19.0. The maximum absolute atomic E-state index is 12.8. The number of fused-ring (bicyclic) bond motifs is 1. The number of furan rings is 1. The van der Waals surface area contributed by atoms with E-state index < -0.39 is 12.6 Å². The highest BCUT2D eigenvalue weighted by molar-refractivity contribution is 5.97. The number of ether oxygens (including phenoxy) is 1. The van der Waals surface area contributed by atoms with Gasteiger partial charge in [-0.05, 0) is 48.6 Å². The zero-order chi connectivity index (χ0) is 23.1. The molecule has 0 fully saturated rings. The van der Waals surface area contributed by atoms with Gasteiger partial charge in [-0.25, -0.2) is 4.79 Å². The van der Waals surface area contributed by atoms with Crippen LogP contribution in [-0.4, -0.2) is 24.4 Å². The van der Waals surface area contributed by atoms with Crippen molar-refractivity contribution in [3.05, 3.63) is 59.4 Å². The first-order valence-corrected chi connectivity index (χ1v) is 11.3. The number of carbonyl (C=O) groups is 1. The summed E-state index contributed by atoms with van der Waals surface area (Å²) in [6.45, 7) is 5.90. The smallest absolute Gasteiger partial charge is 0.328 e. The highest BCUT2D eigenvalue weighted by Gasteiger charge is 2.18. The van der Waals surface area contributed by atoms with Gasteiger partial charge < -0.3 is 14.3 Å². The first-order chi connectivity index (χ1) is 15.5. The average molecular weight is 439 g/mol. The first-order valence-electron chi connectivity index (χ1n) is 11.3. The maximum atomic E-state index is 12.8. The molecule has 3 aromatic rings. The Morgan fingerprint density at radius 1 is 1.12 bits per heavy atom. The van der Waals surface area contributed by atoms with Crippen LogP contribution in [0.5, 0.6) is 5.75 Å². The van der Waals surface area contributed by atoms with Gasteiger partial charge in [-0.1, -0.05) is 51.0 Å². The summed E-state index contributed by atoms with van der Waals surface area (Å²) in [5.41, 5.74) is 5.41. The van der Waals surface area contributed by atoms with Gasteiger partial charge in [0.2, 0.25) is 0 Å². The molecule has 1 N–H and O–H groups in total. The van der Waals surface area contributed by atoms with Crippen molar-refractivity contribution < 1.29 is 23.4 Å². The lowest BCUT2D eigenvalue weighted by Gasteiger charge is -2.18. The largest absolute Gasteiger partial charge is 0.493 e. The van der Waals surface area contributed by atoms with Crippen LogP contribution in [0.3, 0.4) is 0 Å². The molecule has 4 nitrogen and oxygen atoms in total. The second-order valence-corrected chi connectivity index (χ2v) is 8.02. The Labute approximate surface area is 188 Å². The minimum Gasteiger partial charge on any atom is -0.493 e. The highest BCUT2D eigenvalue weighted by atomic mass is 19.1. The number of benzene rings is 2. The van der Waals surface area contributed by atoms with Crippen molar-refractivity contribution in [3.63, 3.8) is 0 Å². The topological polar surface area (TPSA) is 59.7 Å². The van der Waals surface area contributed by atoms with Gasteiger partial charge in [0.25, 0.3) is 0 Å². The number of carboxylic acid groups (broad SMARTS) is 1. The average Bonchev–Trinajstić information content (AvgIpc) is 3.20. The zero-order valence-electron chi connectivity index (χ0n) is 19.0. The number of allylic oxidation sites excluding steroid dienone is 1. The van der Waals surface area contributed by atoms with Crippen LogP contribution in [0.25, 0.3) is 27.7 Å². The highest BCUT2D eigenvalue weighted by Crippen LogP contribution is 2.40. The van der Waals surface area contributed by atoms with E-state index in [2.05, 4.69) is 26.0 Å². The van der Waals surface area contributed by atoms with Crippen molar-refractivity contribution in [1.82, 2.24) is 0 Å². The summed E-state index contributed by atoms with van der Waals surface area (Å²) in [6.07, 6.45) is 5.31. The van der Waals surface area contributed by atoms with Gasteiger partial charge in [0.05, 0.1) is 13.3 Å². The van der Waals surface area contributed by atoms with E-state index in [0.29, 0.717) is 29.9 Å². The van der Waals surface area contributed by atoms with Crippen LogP contribution in [0.4, 0.5) is 4.39 Å². The molecule has 0 spiro atoms. The van der Waals surface area contributed by atoms with Crippen molar-refractivity contribution in [2.24, 2.45) is 0 Å². The summed E-state index contributed by atoms with van der Waals surface area (Å²) in [4.78, 5) is 11.1. The second kappa shape index (κ2) is 11.0. The molecule has 0 saturated heterocycles. The van der Waals surface area contributed by atoms with E-state index in [1.54, 1.807) is 6.92 Å². The van der Waals surface area contributed by atoms with Crippen LogP contribution in [0.2, 0.25) is 0 Å². The fraction of sp³-hybridized carbons (Fsp3) is 0.370. The van der Waals surface area contributed by atoms with E-state index in [4.69, 9.17) is 14.3 Å². The third-order valence-electron chi connectivity index (χ3n) is 5.37. The molecule has 2 aromatic carbocycles. The van der Waals surface area contributed by atoms with Crippen molar-refractivity contribution in [1.29, 1.82) is 0 Å². The molecule has 1 heterocycles. The molecular formula is C27H31FO4. The number of carboxylic acids is 1. The third-order valence-corrected chi connectivity index (χ3v) is 5.37. The molecular weight excluding hydrogens is 407 g/mol. The monoisotopic (exact) mass is 438 g/mol. The molecule has 0 bridgehead atoms. The molecule has 0 radical (unpaired) electrons. The number of aryl methyl sites for hydroxylation is 2. The fourth-order valence-corrected chi connectivity index (χ4v) is 3.97. The molecule has 0 saturated carbocycles. The van der Waals surface area contributed by atoms with Gasteiger partial charge in [-0.15, -0.1) is 0 Å². The van der Waals surface area contributed by atoms with Crippen LogP contribution >= 0.6 is 0 Å². The Kier molecular flexibility index (Phi) is 8.09. The Morgan fingerprint density at radius 3 is 2.59 bits per heavy atom. The summed E-state index contributed by atoms with van der Waals surface area (Å²) in [5.74, 6) is 0.292. The first kappa shape index (κ1) is 23.6. The predicted molar refractivity (Wildman–Crippen MR) is 127 cm³/mol. The molecule has 0 aliphatic carbocycles. The van der Waals surface area contributed by atoms with Gasteiger partial charge in [-0.3, -0.25) is 4.39 Å². The SMILES string of the molecule is CCCc1cc(CCC)c(OCCCF)c(-c2cccc3cc(C(C)=CC(=O)O)oc23)c1. The number of alkyl halides is 1. The quantitative estimate of drug-likeness (QED) is 0.253. The molecule has 0 aliphatic heterocycles. The maximum Gasteiger partial charge on any atom is 0.328 e. The summed E-state index contributed by atoms with van der Waals surface area (Å²) >= 11 is 0. The van der Waals surface area contributed by atoms with E-state index in [-0.39, 0.29) is 0 Å². The van der Waals surface area contributed by atoms with Crippen LogP contribution in [-0.2, 0) is 17.6 Å². The number of rotatable bonds is 11. The lowest BCUT2D eigenvalue weighted by atomic mass is 9.93. The molecule has 3 rings (SSSR count). The van der Waals surface area contributed by atoms with Crippen molar-refractivity contribution >= 4 is 22.5 Å². The fourth-order valence-electron chi connectivity index (χ4n) is 3.97. The lowest BCUT2D eigenvalue weighted by molar-refractivity contribution is -0.131. The van der Waals surface area contributed by atoms with Gasteiger partial charge in [0.1, 0.15) is 17.1 Å². The van der Waals surface area contributed by atoms with E-state index in [9.17, 15) is 9.18 Å². The molecule has 0 unspecified atom stereocenters. The van der Waals surface area contributed by atoms with Crippen molar-refractivity contribution in [2.75, 3.05) is 13.3 Å². The van der Waals surface area contributed by atoms with E-state index in [1.165, 1.54) is 5.56 Å². The Morgan fingerprint density at radius 2 is 1.91 bits per heavy atom. The minimum absolute atomic E-state index is 0.313. The molecule has 0 amide bonds. The Balaban J connectivity index is 2.21. The third kappa shape index (κ3) is 5.39. The standard InChI is InChI=1S/C27H31FO4/c1-4-8-19-15-20(9-5-2)26(31-13-7-12-28)23(16-19)22-11-6-10-21-17-24(32-27(21)22)18(3)14-25(29)30/h6,10-11,14-17H,4-5,7-9,12-13H2,1-3H3,(H,29,30). The number of hydrogen-bond donors (Lipinski definition) is 1. The number of halogens is 1. The molecule has 5 heteroatoms. The Bertz CT molecular complexity index is 1110. The van der Waals surface area contributed by atoms with Crippen LogP contribution in [0.15, 0.2) is 46.9 Å².